The number of aryl methyl sites for hydroxylation is 1. The zero-order chi connectivity index (χ0) is 19.4. The van der Waals surface area contributed by atoms with Crippen LogP contribution in [-0.4, -0.2) is 37.9 Å². The van der Waals surface area contributed by atoms with Crippen molar-refractivity contribution in [1.29, 1.82) is 0 Å². The second-order valence-electron chi connectivity index (χ2n) is 5.91. The maximum absolute atomic E-state index is 11.3. The Kier molecular flexibility index (Phi) is 5.30. The van der Waals surface area contributed by atoms with Crippen LogP contribution in [0.2, 0.25) is 0 Å². The first-order valence-corrected chi connectivity index (χ1v) is 8.53. The van der Waals surface area contributed by atoms with Crippen molar-refractivity contribution in [2.75, 3.05) is 6.61 Å². The van der Waals surface area contributed by atoms with Gasteiger partial charge in [0.1, 0.15) is 17.0 Å². The number of pyridine rings is 2. The third kappa shape index (κ3) is 3.87. The van der Waals surface area contributed by atoms with E-state index in [4.69, 9.17) is 4.74 Å². The molecule has 0 aliphatic rings. The van der Waals surface area contributed by atoms with Crippen LogP contribution in [0, 0.1) is 0 Å². The van der Waals surface area contributed by atoms with Crippen LogP contribution in [0.1, 0.15) is 34.8 Å². The normalized spacial score (nSPS) is 10.5. The molecule has 138 valence electrons. The number of aromatic amines is 1. The summed E-state index contributed by atoms with van der Waals surface area (Å²) in [4.78, 5) is 33.7. The average Bonchev–Trinajstić information content (AvgIpc) is 3.24. The van der Waals surface area contributed by atoms with Gasteiger partial charge >= 0.3 is 5.97 Å². The lowest BCUT2D eigenvalue weighted by Gasteiger charge is -1.97. The van der Waals surface area contributed by atoms with Crippen molar-refractivity contribution in [3.05, 3.63) is 60.2 Å². The summed E-state index contributed by atoms with van der Waals surface area (Å²) in [7, 11) is 1.85. The third-order valence-electron chi connectivity index (χ3n) is 4.04. The highest BCUT2D eigenvalue weighted by Gasteiger charge is 2.10. The molecule has 0 saturated heterocycles. The van der Waals surface area contributed by atoms with Gasteiger partial charge in [-0.15, -0.1) is 0 Å². The Hall–Kier alpha value is -3.48. The molecule has 0 atom stereocenters. The monoisotopic (exact) mass is 364 g/mol. The van der Waals surface area contributed by atoms with Crippen molar-refractivity contribution in [3.8, 4) is 0 Å². The van der Waals surface area contributed by atoms with Gasteiger partial charge in [-0.2, -0.15) is 0 Å². The molecule has 0 spiro atoms. The SMILES string of the molecule is CC(=O)c1cc2cccnc2n1C.CCOC(=O)c1cc2cccnc2[nH]1. The van der Waals surface area contributed by atoms with Gasteiger partial charge in [0.15, 0.2) is 5.78 Å². The highest BCUT2D eigenvalue weighted by atomic mass is 16.5. The Morgan fingerprint density at radius 1 is 1.11 bits per heavy atom. The number of esters is 1. The van der Waals surface area contributed by atoms with Gasteiger partial charge in [0, 0.05) is 37.1 Å². The van der Waals surface area contributed by atoms with Crippen molar-refractivity contribution in [1.82, 2.24) is 19.5 Å². The summed E-state index contributed by atoms with van der Waals surface area (Å²) >= 11 is 0. The largest absolute Gasteiger partial charge is 0.461 e. The number of fused-ring (bicyclic) bond motifs is 2. The molecule has 4 heterocycles. The molecule has 0 aliphatic heterocycles. The number of Topliss-reactive ketones (excluding diaryl/α,β-unsaturated/α-hetero) is 1. The fourth-order valence-electron chi connectivity index (χ4n) is 2.77. The van der Waals surface area contributed by atoms with E-state index in [1.807, 2.05) is 41.9 Å². The summed E-state index contributed by atoms with van der Waals surface area (Å²) in [5.41, 5.74) is 2.71. The summed E-state index contributed by atoms with van der Waals surface area (Å²) in [6.07, 6.45) is 3.40. The van der Waals surface area contributed by atoms with Gasteiger partial charge in [0.25, 0.3) is 0 Å². The summed E-state index contributed by atoms with van der Waals surface area (Å²) in [5, 5.41) is 1.92. The van der Waals surface area contributed by atoms with E-state index in [9.17, 15) is 9.59 Å². The van der Waals surface area contributed by atoms with Crippen LogP contribution in [0.5, 0.6) is 0 Å². The third-order valence-corrected chi connectivity index (χ3v) is 4.04. The highest BCUT2D eigenvalue weighted by Crippen LogP contribution is 2.16. The smallest absolute Gasteiger partial charge is 0.354 e. The number of H-pyrrole nitrogens is 1. The molecule has 0 aromatic carbocycles. The Morgan fingerprint density at radius 3 is 2.44 bits per heavy atom. The minimum absolute atomic E-state index is 0.0699. The molecule has 0 aliphatic carbocycles. The molecule has 7 nitrogen and oxygen atoms in total. The van der Waals surface area contributed by atoms with Gasteiger partial charge in [0.2, 0.25) is 0 Å². The molecule has 27 heavy (non-hydrogen) atoms. The van der Waals surface area contributed by atoms with Crippen molar-refractivity contribution >= 4 is 33.8 Å². The maximum atomic E-state index is 11.3. The zero-order valence-electron chi connectivity index (χ0n) is 15.4. The Bertz CT molecular complexity index is 1080. The van der Waals surface area contributed by atoms with Gasteiger partial charge in [-0.25, -0.2) is 14.8 Å². The fraction of sp³-hybridized carbons (Fsp3) is 0.200. The molecule has 4 rings (SSSR count). The molecule has 4 aromatic heterocycles. The topological polar surface area (TPSA) is 89.9 Å². The molecule has 0 radical (unpaired) electrons. The van der Waals surface area contributed by atoms with Crippen LogP contribution >= 0.6 is 0 Å². The average molecular weight is 364 g/mol. The van der Waals surface area contributed by atoms with Crippen LogP contribution in [0.25, 0.3) is 22.1 Å². The van der Waals surface area contributed by atoms with E-state index in [-0.39, 0.29) is 11.8 Å². The minimum Gasteiger partial charge on any atom is -0.461 e. The van der Waals surface area contributed by atoms with Gasteiger partial charge < -0.3 is 14.3 Å². The standard InChI is InChI=1S/C10H10N2O2.C10H10N2O/c1-2-14-10(13)8-6-7-4-3-5-11-9(7)12-8;1-7(13)9-6-8-4-3-5-11-10(8)12(9)2/h3-6H,2H2,1H3,(H,11,12);3-6H,1-2H3. The van der Waals surface area contributed by atoms with Crippen LogP contribution in [0.3, 0.4) is 0 Å². The molecule has 4 aromatic rings. The summed E-state index contributed by atoms with van der Waals surface area (Å²) in [5.74, 6) is -0.272. The predicted octanol–water partition coefficient (Wildman–Crippen LogP) is 3.52. The number of ether oxygens (including phenoxy) is 1. The van der Waals surface area contributed by atoms with Crippen molar-refractivity contribution < 1.29 is 14.3 Å². The van der Waals surface area contributed by atoms with Gasteiger partial charge in [-0.05, 0) is 43.3 Å². The number of aromatic nitrogens is 4. The maximum Gasteiger partial charge on any atom is 0.354 e. The van der Waals surface area contributed by atoms with E-state index < -0.39 is 0 Å². The quantitative estimate of drug-likeness (QED) is 0.444. The lowest BCUT2D eigenvalue weighted by molar-refractivity contribution is 0.0520. The fourth-order valence-corrected chi connectivity index (χ4v) is 2.77. The number of hydrogen-bond acceptors (Lipinski definition) is 5. The molecule has 0 bridgehead atoms. The molecule has 7 heteroatoms. The van der Waals surface area contributed by atoms with Gasteiger partial charge in [-0.1, -0.05) is 0 Å². The Morgan fingerprint density at radius 2 is 1.81 bits per heavy atom. The number of nitrogens with zero attached hydrogens (tertiary/aromatic N) is 3. The molecular weight excluding hydrogens is 344 g/mol. The van der Waals surface area contributed by atoms with Gasteiger partial charge in [0.05, 0.1) is 12.3 Å². The van der Waals surface area contributed by atoms with E-state index in [2.05, 4.69) is 15.0 Å². The molecule has 0 amide bonds. The first-order chi connectivity index (χ1) is 13.0. The highest BCUT2D eigenvalue weighted by molar-refractivity contribution is 5.97. The number of carbonyl (C=O) groups excluding carboxylic acids is 2. The second-order valence-corrected chi connectivity index (χ2v) is 5.91. The summed E-state index contributed by atoms with van der Waals surface area (Å²) < 4.78 is 6.68. The van der Waals surface area contributed by atoms with E-state index in [0.717, 1.165) is 16.4 Å². The molecule has 0 saturated carbocycles. The van der Waals surface area contributed by atoms with Crippen molar-refractivity contribution in [2.45, 2.75) is 13.8 Å². The first-order valence-electron chi connectivity index (χ1n) is 8.53. The number of hydrogen-bond donors (Lipinski definition) is 1. The molecular formula is C20H20N4O3. The second kappa shape index (κ2) is 7.82. The first kappa shape index (κ1) is 18.3. The number of ketones is 1. The molecule has 0 fully saturated rings. The van der Waals surface area contributed by atoms with Crippen LogP contribution < -0.4 is 0 Å². The van der Waals surface area contributed by atoms with E-state index >= 15 is 0 Å². The van der Waals surface area contributed by atoms with E-state index in [1.165, 1.54) is 0 Å². The van der Waals surface area contributed by atoms with Crippen LogP contribution in [0.15, 0.2) is 48.8 Å². The lowest BCUT2D eigenvalue weighted by atomic mass is 10.3. The summed E-state index contributed by atoms with van der Waals surface area (Å²) in [6, 6.07) is 11.1. The van der Waals surface area contributed by atoms with E-state index in [1.54, 1.807) is 32.3 Å². The number of nitrogens with one attached hydrogen (secondary N) is 1. The molecule has 0 unspecified atom stereocenters. The van der Waals surface area contributed by atoms with Crippen molar-refractivity contribution in [3.63, 3.8) is 0 Å². The minimum atomic E-state index is -0.342. The van der Waals surface area contributed by atoms with Crippen LogP contribution in [-0.2, 0) is 11.8 Å². The lowest BCUT2D eigenvalue weighted by Crippen LogP contribution is -2.04. The van der Waals surface area contributed by atoms with E-state index in [0.29, 0.717) is 23.6 Å². The zero-order valence-corrected chi connectivity index (χ0v) is 15.4. The Labute approximate surface area is 156 Å². The van der Waals surface area contributed by atoms with Gasteiger partial charge in [-0.3, -0.25) is 4.79 Å². The van der Waals surface area contributed by atoms with Crippen molar-refractivity contribution in [2.24, 2.45) is 7.05 Å². The summed E-state index contributed by atoms with van der Waals surface area (Å²) in [6.45, 7) is 3.72. The van der Waals surface area contributed by atoms with Crippen LogP contribution in [0.4, 0.5) is 0 Å². The number of carbonyl (C=O) groups is 2. The number of rotatable bonds is 3. The predicted molar refractivity (Wildman–Crippen MR) is 103 cm³/mol. The Balaban J connectivity index is 0.000000156. The molecule has 1 N–H and O–H groups in total.